The van der Waals surface area contributed by atoms with E-state index in [1.54, 1.807) is 0 Å². The minimum Gasteiger partial charge on any atom is -0.486 e. The fourth-order valence-electron chi connectivity index (χ4n) is 1.94. The molecule has 0 aromatic heterocycles. The smallest absolute Gasteiger partial charge is 0.239 e. The van der Waals surface area contributed by atoms with Crippen molar-refractivity contribution in [3.63, 3.8) is 0 Å². The molecule has 1 aromatic rings. The van der Waals surface area contributed by atoms with Crippen molar-refractivity contribution in [1.29, 1.82) is 0 Å². The van der Waals surface area contributed by atoms with Crippen molar-refractivity contribution in [1.82, 2.24) is 5.32 Å². The third-order valence-electron chi connectivity index (χ3n) is 2.99. The highest BCUT2D eigenvalue weighted by molar-refractivity contribution is 5.80. The van der Waals surface area contributed by atoms with Gasteiger partial charge in [0.25, 0.3) is 0 Å². The van der Waals surface area contributed by atoms with Crippen LogP contribution < -0.4 is 20.1 Å². The van der Waals surface area contributed by atoms with Crippen molar-refractivity contribution < 1.29 is 19.0 Å². The van der Waals surface area contributed by atoms with Gasteiger partial charge in [0, 0.05) is 31.5 Å². The first-order valence-electron chi connectivity index (χ1n) is 7.27. The summed E-state index contributed by atoms with van der Waals surface area (Å²) in [5.74, 6) is 1.41. The quantitative estimate of drug-likeness (QED) is 0.710. The summed E-state index contributed by atoms with van der Waals surface area (Å²) in [5, 5.41) is 5.90. The molecule has 1 heterocycles. The van der Waals surface area contributed by atoms with Crippen LogP contribution in [-0.4, -0.2) is 45.4 Å². The standard InChI is InChI=1S/C15H22N2O4/c1-2-19-7-3-6-16-15(18)11-17-12-4-5-13-14(10-12)21-9-8-20-13/h4-5,10,17H,2-3,6-9,11H2,1H3,(H,16,18). The van der Waals surface area contributed by atoms with Gasteiger partial charge in [-0.1, -0.05) is 0 Å². The fraction of sp³-hybridized carbons (Fsp3) is 0.533. The van der Waals surface area contributed by atoms with E-state index in [-0.39, 0.29) is 12.5 Å². The van der Waals surface area contributed by atoms with Crippen LogP contribution in [0.25, 0.3) is 0 Å². The molecule has 0 radical (unpaired) electrons. The Bertz CT molecular complexity index is 465. The molecular formula is C15H22N2O4. The molecule has 6 heteroatoms. The van der Waals surface area contributed by atoms with E-state index in [1.807, 2.05) is 25.1 Å². The summed E-state index contributed by atoms with van der Waals surface area (Å²) in [7, 11) is 0. The summed E-state index contributed by atoms with van der Waals surface area (Å²) in [6.45, 7) is 5.32. The Morgan fingerprint density at radius 3 is 2.90 bits per heavy atom. The van der Waals surface area contributed by atoms with E-state index in [4.69, 9.17) is 14.2 Å². The number of hydrogen-bond donors (Lipinski definition) is 2. The average molecular weight is 294 g/mol. The van der Waals surface area contributed by atoms with E-state index >= 15 is 0 Å². The van der Waals surface area contributed by atoms with Crippen LogP contribution in [-0.2, 0) is 9.53 Å². The molecule has 0 atom stereocenters. The molecule has 1 aliphatic rings. The number of ether oxygens (including phenoxy) is 3. The molecule has 0 saturated heterocycles. The lowest BCUT2D eigenvalue weighted by atomic mass is 10.2. The molecule has 0 bridgehead atoms. The largest absolute Gasteiger partial charge is 0.486 e. The summed E-state index contributed by atoms with van der Waals surface area (Å²) in [5.41, 5.74) is 0.837. The first-order valence-corrected chi connectivity index (χ1v) is 7.27. The molecule has 2 rings (SSSR count). The molecule has 0 spiro atoms. The van der Waals surface area contributed by atoms with Crippen molar-refractivity contribution in [2.75, 3.05) is 44.8 Å². The highest BCUT2D eigenvalue weighted by Gasteiger charge is 2.11. The Balaban J connectivity index is 1.69. The third kappa shape index (κ3) is 5.15. The van der Waals surface area contributed by atoms with E-state index in [1.165, 1.54) is 0 Å². The highest BCUT2D eigenvalue weighted by atomic mass is 16.6. The van der Waals surface area contributed by atoms with Gasteiger partial charge >= 0.3 is 0 Å². The van der Waals surface area contributed by atoms with Crippen LogP contribution in [0.2, 0.25) is 0 Å². The van der Waals surface area contributed by atoms with Gasteiger partial charge in [0.2, 0.25) is 5.91 Å². The van der Waals surface area contributed by atoms with E-state index in [2.05, 4.69) is 10.6 Å². The number of amides is 1. The first-order chi connectivity index (χ1) is 10.3. The second-order valence-electron chi connectivity index (χ2n) is 4.61. The molecule has 2 N–H and O–H groups in total. The van der Waals surface area contributed by atoms with Crippen molar-refractivity contribution in [3.8, 4) is 11.5 Å². The van der Waals surface area contributed by atoms with Crippen LogP contribution >= 0.6 is 0 Å². The molecule has 1 aliphatic heterocycles. The second-order valence-corrected chi connectivity index (χ2v) is 4.61. The number of carbonyl (C=O) groups is 1. The molecule has 0 saturated carbocycles. The summed E-state index contributed by atoms with van der Waals surface area (Å²) < 4.78 is 16.1. The van der Waals surface area contributed by atoms with Gasteiger partial charge < -0.3 is 24.8 Å². The Kier molecular flexibility index (Phi) is 6.15. The molecule has 1 aromatic carbocycles. The van der Waals surface area contributed by atoms with Crippen molar-refractivity contribution in [2.24, 2.45) is 0 Å². The number of anilines is 1. The Morgan fingerprint density at radius 2 is 2.10 bits per heavy atom. The summed E-state index contributed by atoms with van der Waals surface area (Å²) in [6, 6.07) is 5.56. The van der Waals surface area contributed by atoms with Crippen LogP contribution in [0, 0.1) is 0 Å². The number of nitrogens with one attached hydrogen (secondary N) is 2. The van der Waals surface area contributed by atoms with Crippen LogP contribution in [0.3, 0.4) is 0 Å². The molecule has 21 heavy (non-hydrogen) atoms. The minimum absolute atomic E-state index is 0.0404. The molecule has 1 amide bonds. The minimum atomic E-state index is -0.0404. The molecule has 116 valence electrons. The lowest BCUT2D eigenvalue weighted by Gasteiger charge is -2.19. The number of benzene rings is 1. The predicted molar refractivity (Wildman–Crippen MR) is 80.0 cm³/mol. The number of rotatable bonds is 8. The highest BCUT2D eigenvalue weighted by Crippen LogP contribution is 2.32. The molecule has 0 fully saturated rings. The van der Waals surface area contributed by atoms with Crippen molar-refractivity contribution in [3.05, 3.63) is 18.2 Å². The van der Waals surface area contributed by atoms with Gasteiger partial charge in [-0.05, 0) is 25.5 Å². The molecule has 0 aliphatic carbocycles. The van der Waals surface area contributed by atoms with Gasteiger partial charge in [-0.25, -0.2) is 0 Å². The monoisotopic (exact) mass is 294 g/mol. The topological polar surface area (TPSA) is 68.8 Å². The molecule has 0 unspecified atom stereocenters. The van der Waals surface area contributed by atoms with Gasteiger partial charge in [0.1, 0.15) is 13.2 Å². The van der Waals surface area contributed by atoms with E-state index in [9.17, 15) is 4.79 Å². The molecule has 6 nitrogen and oxygen atoms in total. The van der Waals surface area contributed by atoms with E-state index in [0.29, 0.717) is 38.7 Å². The zero-order chi connectivity index (χ0) is 14.9. The number of hydrogen-bond acceptors (Lipinski definition) is 5. The van der Waals surface area contributed by atoms with Gasteiger partial charge in [-0.3, -0.25) is 4.79 Å². The Hall–Kier alpha value is -1.95. The zero-order valence-electron chi connectivity index (χ0n) is 12.3. The maximum atomic E-state index is 11.7. The van der Waals surface area contributed by atoms with Gasteiger partial charge in [0.05, 0.1) is 6.54 Å². The summed E-state index contributed by atoms with van der Waals surface area (Å²) in [6.07, 6.45) is 0.823. The number of carbonyl (C=O) groups excluding carboxylic acids is 1. The van der Waals surface area contributed by atoms with Gasteiger partial charge in [-0.15, -0.1) is 0 Å². The summed E-state index contributed by atoms with van der Waals surface area (Å²) >= 11 is 0. The Labute approximate surface area is 124 Å². The van der Waals surface area contributed by atoms with Gasteiger partial charge in [0.15, 0.2) is 11.5 Å². The van der Waals surface area contributed by atoms with Crippen LogP contribution in [0.5, 0.6) is 11.5 Å². The lowest BCUT2D eigenvalue weighted by molar-refractivity contribution is -0.119. The predicted octanol–water partition coefficient (Wildman–Crippen LogP) is 1.41. The first kappa shape index (κ1) is 15.4. The van der Waals surface area contributed by atoms with Crippen LogP contribution in [0.15, 0.2) is 18.2 Å². The van der Waals surface area contributed by atoms with Crippen molar-refractivity contribution in [2.45, 2.75) is 13.3 Å². The molecular weight excluding hydrogens is 272 g/mol. The fourth-order valence-corrected chi connectivity index (χ4v) is 1.94. The second kappa shape index (κ2) is 8.36. The summed E-state index contributed by atoms with van der Waals surface area (Å²) in [4.78, 5) is 11.7. The van der Waals surface area contributed by atoms with E-state index in [0.717, 1.165) is 17.9 Å². The Morgan fingerprint density at radius 1 is 1.29 bits per heavy atom. The zero-order valence-corrected chi connectivity index (χ0v) is 12.3. The normalized spacial score (nSPS) is 12.8. The van der Waals surface area contributed by atoms with Crippen LogP contribution in [0.4, 0.5) is 5.69 Å². The van der Waals surface area contributed by atoms with Gasteiger partial charge in [-0.2, -0.15) is 0 Å². The third-order valence-corrected chi connectivity index (χ3v) is 2.99. The SMILES string of the molecule is CCOCCCNC(=O)CNc1ccc2c(c1)OCCO2. The van der Waals surface area contributed by atoms with Crippen LogP contribution in [0.1, 0.15) is 13.3 Å². The van der Waals surface area contributed by atoms with Crippen molar-refractivity contribution >= 4 is 11.6 Å². The number of fused-ring (bicyclic) bond motifs is 1. The maximum Gasteiger partial charge on any atom is 0.239 e. The average Bonchev–Trinajstić information content (AvgIpc) is 2.52. The lowest BCUT2D eigenvalue weighted by Crippen LogP contribution is -2.31. The van der Waals surface area contributed by atoms with E-state index < -0.39 is 0 Å². The maximum absolute atomic E-state index is 11.7.